The van der Waals surface area contributed by atoms with Crippen LogP contribution in [-0.4, -0.2) is 30.7 Å². The molecule has 26 heavy (non-hydrogen) atoms. The molecule has 0 aliphatic heterocycles. The van der Waals surface area contributed by atoms with Crippen molar-refractivity contribution >= 4 is 32.7 Å². The topological polar surface area (TPSA) is 106 Å². The first kappa shape index (κ1) is 17.7. The van der Waals surface area contributed by atoms with Crippen LogP contribution in [0.4, 0.5) is 5.82 Å². The van der Waals surface area contributed by atoms with Crippen LogP contribution in [-0.2, 0) is 16.6 Å². The van der Waals surface area contributed by atoms with E-state index in [4.69, 9.17) is 9.84 Å². The lowest BCUT2D eigenvalue weighted by Crippen LogP contribution is -2.10. The van der Waals surface area contributed by atoms with Gasteiger partial charge in [0.25, 0.3) is 0 Å². The number of nitrogens with zero attached hydrogens (tertiary/aromatic N) is 1. The predicted octanol–water partition coefficient (Wildman–Crippen LogP) is 2.88. The van der Waals surface area contributed by atoms with Crippen LogP contribution in [0.15, 0.2) is 54.6 Å². The van der Waals surface area contributed by atoms with Gasteiger partial charge in [0.05, 0.1) is 17.3 Å². The summed E-state index contributed by atoms with van der Waals surface area (Å²) in [5.74, 6) is -0.134. The Labute approximate surface area is 150 Å². The molecule has 0 unspecified atom stereocenters. The number of carboxylic acids is 1. The summed E-state index contributed by atoms with van der Waals surface area (Å²) < 4.78 is 30.6. The van der Waals surface area contributed by atoms with Crippen molar-refractivity contribution in [3.8, 4) is 5.75 Å². The van der Waals surface area contributed by atoms with Crippen molar-refractivity contribution < 1.29 is 23.1 Å². The number of ether oxygens (including phenoxy) is 1. The molecule has 0 fully saturated rings. The predicted molar refractivity (Wildman–Crippen MR) is 97.9 cm³/mol. The zero-order valence-corrected chi connectivity index (χ0v) is 14.7. The van der Waals surface area contributed by atoms with Gasteiger partial charge in [0.1, 0.15) is 18.2 Å². The van der Waals surface area contributed by atoms with Gasteiger partial charge in [0.2, 0.25) is 10.0 Å². The van der Waals surface area contributed by atoms with Crippen molar-refractivity contribution in [2.45, 2.75) is 6.61 Å². The van der Waals surface area contributed by atoms with Crippen LogP contribution in [0.5, 0.6) is 5.75 Å². The molecule has 0 saturated carbocycles. The molecule has 0 radical (unpaired) electrons. The van der Waals surface area contributed by atoms with Gasteiger partial charge in [0, 0.05) is 5.39 Å². The largest absolute Gasteiger partial charge is 0.489 e. The average molecular weight is 372 g/mol. The van der Waals surface area contributed by atoms with Crippen LogP contribution in [0.1, 0.15) is 15.9 Å². The van der Waals surface area contributed by atoms with E-state index in [0.717, 1.165) is 17.2 Å². The summed E-state index contributed by atoms with van der Waals surface area (Å²) in [5, 5.41) is 9.81. The molecule has 2 aromatic carbocycles. The van der Waals surface area contributed by atoms with Crippen LogP contribution in [0.25, 0.3) is 10.9 Å². The monoisotopic (exact) mass is 372 g/mol. The Morgan fingerprint density at radius 2 is 1.96 bits per heavy atom. The Balaban J connectivity index is 1.76. The fourth-order valence-electron chi connectivity index (χ4n) is 2.40. The fourth-order valence-corrected chi connectivity index (χ4v) is 2.89. The van der Waals surface area contributed by atoms with E-state index in [1.54, 1.807) is 48.5 Å². The number of benzene rings is 2. The zero-order chi connectivity index (χ0) is 18.7. The van der Waals surface area contributed by atoms with Crippen molar-refractivity contribution in [2.75, 3.05) is 11.0 Å². The second-order valence-electron chi connectivity index (χ2n) is 5.72. The van der Waals surface area contributed by atoms with Gasteiger partial charge in [-0.25, -0.2) is 18.2 Å². The number of hydrogen-bond donors (Lipinski definition) is 2. The molecule has 3 rings (SSSR count). The second-order valence-corrected chi connectivity index (χ2v) is 7.47. The maximum absolute atomic E-state index is 11.3. The van der Waals surface area contributed by atoms with Gasteiger partial charge in [-0.15, -0.1) is 0 Å². The molecule has 0 spiro atoms. The third kappa shape index (κ3) is 4.48. The van der Waals surface area contributed by atoms with Crippen LogP contribution < -0.4 is 9.46 Å². The normalized spacial score (nSPS) is 11.3. The Bertz CT molecular complexity index is 1080. The van der Waals surface area contributed by atoms with E-state index in [9.17, 15) is 13.2 Å². The molecule has 0 atom stereocenters. The molecule has 7 nitrogen and oxygen atoms in total. The van der Waals surface area contributed by atoms with Crippen molar-refractivity contribution in [1.29, 1.82) is 0 Å². The molecule has 0 amide bonds. The van der Waals surface area contributed by atoms with E-state index < -0.39 is 16.0 Å². The number of aromatic carboxylic acids is 1. The summed E-state index contributed by atoms with van der Waals surface area (Å²) in [7, 11) is -3.38. The number of anilines is 1. The van der Waals surface area contributed by atoms with Gasteiger partial charge in [-0.2, -0.15) is 0 Å². The van der Waals surface area contributed by atoms with Gasteiger partial charge in [-0.05, 0) is 48.0 Å². The van der Waals surface area contributed by atoms with E-state index in [0.29, 0.717) is 11.3 Å². The summed E-state index contributed by atoms with van der Waals surface area (Å²) in [6.45, 7) is 0.230. The molecule has 0 aliphatic rings. The zero-order valence-electron chi connectivity index (χ0n) is 13.8. The molecule has 134 valence electrons. The highest BCUT2D eigenvalue weighted by atomic mass is 32.2. The highest BCUT2D eigenvalue weighted by Crippen LogP contribution is 2.22. The number of rotatable bonds is 6. The first-order chi connectivity index (χ1) is 12.3. The number of aromatic nitrogens is 1. The minimum atomic E-state index is -3.38. The SMILES string of the molecule is CS(=O)(=O)Nc1ccc2cc(OCc3cccc(C(=O)O)c3)ccc2n1. The molecule has 1 heterocycles. The number of carbonyl (C=O) groups is 1. The number of pyridine rings is 1. The third-order valence-electron chi connectivity index (χ3n) is 3.53. The maximum Gasteiger partial charge on any atom is 0.335 e. The molecule has 0 saturated heterocycles. The highest BCUT2D eigenvalue weighted by molar-refractivity contribution is 7.92. The quantitative estimate of drug-likeness (QED) is 0.689. The first-order valence-electron chi connectivity index (χ1n) is 7.64. The van der Waals surface area contributed by atoms with E-state index in [1.807, 2.05) is 0 Å². The van der Waals surface area contributed by atoms with Gasteiger partial charge in [0.15, 0.2) is 0 Å². The van der Waals surface area contributed by atoms with Crippen molar-refractivity contribution in [1.82, 2.24) is 4.98 Å². The number of hydrogen-bond acceptors (Lipinski definition) is 5. The minimum Gasteiger partial charge on any atom is -0.489 e. The summed E-state index contributed by atoms with van der Waals surface area (Å²) in [6.07, 6.45) is 1.06. The lowest BCUT2D eigenvalue weighted by molar-refractivity contribution is 0.0696. The Morgan fingerprint density at radius 1 is 1.15 bits per heavy atom. The lowest BCUT2D eigenvalue weighted by Gasteiger charge is -2.09. The number of carboxylic acid groups (broad SMARTS) is 1. The Morgan fingerprint density at radius 3 is 2.69 bits per heavy atom. The highest BCUT2D eigenvalue weighted by Gasteiger charge is 2.06. The number of fused-ring (bicyclic) bond motifs is 1. The molecule has 2 N–H and O–H groups in total. The van der Waals surface area contributed by atoms with Gasteiger partial charge in [-0.3, -0.25) is 4.72 Å². The van der Waals surface area contributed by atoms with E-state index in [2.05, 4.69) is 9.71 Å². The maximum atomic E-state index is 11.3. The van der Waals surface area contributed by atoms with Gasteiger partial charge in [-0.1, -0.05) is 12.1 Å². The van der Waals surface area contributed by atoms with E-state index in [-0.39, 0.29) is 18.0 Å². The molecule has 0 aliphatic carbocycles. The molecular weight excluding hydrogens is 356 g/mol. The molecule has 3 aromatic rings. The summed E-state index contributed by atoms with van der Waals surface area (Å²) >= 11 is 0. The van der Waals surface area contributed by atoms with Crippen molar-refractivity contribution in [3.05, 3.63) is 65.7 Å². The number of nitrogens with one attached hydrogen (secondary N) is 1. The average Bonchev–Trinajstić information content (AvgIpc) is 2.58. The van der Waals surface area contributed by atoms with Gasteiger partial charge < -0.3 is 9.84 Å². The van der Waals surface area contributed by atoms with Crippen molar-refractivity contribution in [3.63, 3.8) is 0 Å². The number of sulfonamides is 1. The van der Waals surface area contributed by atoms with Crippen LogP contribution in [0, 0.1) is 0 Å². The van der Waals surface area contributed by atoms with Crippen LogP contribution in [0.3, 0.4) is 0 Å². The Hall–Kier alpha value is -3.13. The summed E-state index contributed by atoms with van der Waals surface area (Å²) in [4.78, 5) is 15.2. The van der Waals surface area contributed by atoms with Gasteiger partial charge >= 0.3 is 5.97 Å². The van der Waals surface area contributed by atoms with Crippen LogP contribution in [0.2, 0.25) is 0 Å². The second kappa shape index (κ2) is 7.01. The molecule has 1 aromatic heterocycles. The summed E-state index contributed by atoms with van der Waals surface area (Å²) in [5.41, 5.74) is 1.58. The molecular formula is C18H16N2O5S. The van der Waals surface area contributed by atoms with Crippen LogP contribution >= 0.6 is 0 Å². The lowest BCUT2D eigenvalue weighted by atomic mass is 10.1. The smallest absolute Gasteiger partial charge is 0.335 e. The minimum absolute atomic E-state index is 0.208. The molecule has 0 bridgehead atoms. The first-order valence-corrected chi connectivity index (χ1v) is 9.53. The third-order valence-corrected chi connectivity index (χ3v) is 4.11. The fraction of sp³-hybridized carbons (Fsp3) is 0.111. The standard InChI is InChI=1S/C18H16N2O5S/c1-26(23,24)20-17-8-5-13-10-15(6-7-16(13)19-17)25-11-12-3-2-4-14(9-12)18(21)22/h2-10H,11H2,1H3,(H,19,20)(H,21,22). The van der Waals surface area contributed by atoms with Crippen molar-refractivity contribution in [2.24, 2.45) is 0 Å². The molecule has 8 heteroatoms. The van der Waals surface area contributed by atoms with E-state index >= 15 is 0 Å². The summed E-state index contributed by atoms with van der Waals surface area (Å²) in [6, 6.07) is 15.1. The Kier molecular flexibility index (Phi) is 4.77. The van der Waals surface area contributed by atoms with E-state index in [1.165, 1.54) is 6.07 Å².